The van der Waals surface area contributed by atoms with Crippen molar-refractivity contribution in [3.63, 3.8) is 0 Å². The van der Waals surface area contributed by atoms with Gasteiger partial charge in [-0.25, -0.2) is 9.78 Å². The minimum Gasteiger partial charge on any atom is -0.330 e. The Morgan fingerprint density at radius 3 is 2.68 bits per heavy atom. The Hall–Kier alpha value is -2.86. The number of nitrogens with zero attached hydrogens (tertiary/aromatic N) is 4. The topological polar surface area (TPSA) is 61.9 Å². The number of pyridine rings is 1. The van der Waals surface area contributed by atoms with Crippen LogP contribution in [0.5, 0.6) is 0 Å². The van der Waals surface area contributed by atoms with Gasteiger partial charge in [-0.15, -0.1) is 11.3 Å². The van der Waals surface area contributed by atoms with Gasteiger partial charge >= 0.3 is 12.2 Å². The summed E-state index contributed by atoms with van der Waals surface area (Å²) in [7, 11) is 3.06. The molecular formula is C16H11F3N4OS. The maximum absolute atomic E-state index is 13.3. The zero-order valence-corrected chi connectivity index (χ0v) is 13.9. The van der Waals surface area contributed by atoms with Crippen LogP contribution < -0.4 is 0 Å². The van der Waals surface area contributed by atoms with Crippen LogP contribution in [0.25, 0.3) is 22.2 Å². The summed E-state index contributed by atoms with van der Waals surface area (Å²) in [5.74, 6) is 0. The summed E-state index contributed by atoms with van der Waals surface area (Å²) >= 11 is 0.579. The van der Waals surface area contributed by atoms with E-state index in [9.17, 15) is 18.0 Å². The van der Waals surface area contributed by atoms with Crippen molar-refractivity contribution in [2.45, 2.75) is 6.18 Å². The molecule has 0 unspecified atom stereocenters. The average molecular weight is 364 g/mol. The van der Waals surface area contributed by atoms with Gasteiger partial charge < -0.3 is 4.90 Å². The van der Waals surface area contributed by atoms with Gasteiger partial charge in [0.2, 0.25) is 0 Å². The highest BCUT2D eigenvalue weighted by Crippen LogP contribution is 2.43. The summed E-state index contributed by atoms with van der Waals surface area (Å²) in [4.78, 5) is 17.0. The van der Waals surface area contributed by atoms with Gasteiger partial charge in [0, 0.05) is 43.0 Å². The van der Waals surface area contributed by atoms with Crippen LogP contribution in [0.2, 0.25) is 0 Å². The first kappa shape index (κ1) is 17.0. The molecule has 3 aromatic rings. The molecule has 1 amide bonds. The van der Waals surface area contributed by atoms with Crippen LogP contribution in [-0.4, -0.2) is 34.6 Å². The Kier molecular flexibility index (Phi) is 4.00. The first-order valence-corrected chi connectivity index (χ1v) is 7.90. The number of hydrogen-bond donors (Lipinski definition) is 0. The van der Waals surface area contributed by atoms with Gasteiger partial charge in [-0.05, 0) is 17.5 Å². The van der Waals surface area contributed by atoms with E-state index < -0.39 is 17.1 Å². The van der Waals surface area contributed by atoms with Gasteiger partial charge in [-0.2, -0.15) is 18.4 Å². The molecule has 0 fully saturated rings. The number of hydrogen-bond acceptors (Lipinski definition) is 4. The fourth-order valence-corrected chi connectivity index (χ4v) is 3.26. The van der Waals surface area contributed by atoms with E-state index in [0.717, 1.165) is 0 Å². The third-order valence-electron chi connectivity index (χ3n) is 3.57. The normalized spacial score (nSPS) is 11.5. The summed E-state index contributed by atoms with van der Waals surface area (Å²) in [6.07, 6.45) is -1.90. The van der Waals surface area contributed by atoms with Crippen molar-refractivity contribution in [1.82, 2.24) is 14.5 Å². The van der Waals surface area contributed by atoms with Crippen molar-refractivity contribution in [2.75, 3.05) is 14.1 Å². The molecular weight excluding hydrogens is 353 g/mol. The zero-order chi connectivity index (χ0) is 18.4. The van der Waals surface area contributed by atoms with Gasteiger partial charge in [0.1, 0.15) is 16.6 Å². The minimum atomic E-state index is -4.51. The SMILES string of the molecule is CN(C)C(=O)n1cc(-c2ccsc2C(F)(F)F)c2cc(C#N)cnc21. The fourth-order valence-electron chi connectivity index (χ4n) is 2.49. The van der Waals surface area contributed by atoms with E-state index in [2.05, 4.69) is 4.98 Å². The maximum Gasteiger partial charge on any atom is 0.426 e. The number of carbonyl (C=O) groups excluding carboxylic acids is 1. The molecule has 0 aliphatic rings. The van der Waals surface area contributed by atoms with Crippen molar-refractivity contribution >= 4 is 28.4 Å². The largest absolute Gasteiger partial charge is 0.426 e. The summed E-state index contributed by atoms with van der Waals surface area (Å²) < 4.78 is 41.0. The molecule has 0 aliphatic carbocycles. The van der Waals surface area contributed by atoms with E-state index in [4.69, 9.17) is 5.26 Å². The van der Waals surface area contributed by atoms with E-state index in [1.54, 1.807) is 0 Å². The molecule has 25 heavy (non-hydrogen) atoms. The summed E-state index contributed by atoms with van der Waals surface area (Å²) in [6.45, 7) is 0. The molecule has 0 saturated heterocycles. The number of amides is 1. The van der Waals surface area contributed by atoms with E-state index >= 15 is 0 Å². The van der Waals surface area contributed by atoms with E-state index in [1.807, 2.05) is 6.07 Å². The Balaban J connectivity index is 2.34. The Morgan fingerprint density at radius 2 is 2.08 bits per heavy atom. The summed E-state index contributed by atoms with van der Waals surface area (Å²) in [6, 6.07) is 4.26. The molecule has 0 aliphatic heterocycles. The first-order chi connectivity index (χ1) is 11.7. The first-order valence-electron chi connectivity index (χ1n) is 7.02. The molecule has 9 heteroatoms. The number of fused-ring (bicyclic) bond motifs is 1. The van der Waals surface area contributed by atoms with E-state index in [0.29, 0.717) is 16.7 Å². The summed E-state index contributed by atoms with van der Waals surface area (Å²) in [5.41, 5.74) is 0.577. The van der Waals surface area contributed by atoms with Crippen LogP contribution >= 0.6 is 11.3 Å². The van der Waals surface area contributed by atoms with Crippen LogP contribution in [-0.2, 0) is 6.18 Å². The second-order valence-corrected chi connectivity index (χ2v) is 6.37. The fraction of sp³-hybridized carbons (Fsp3) is 0.188. The van der Waals surface area contributed by atoms with Gasteiger partial charge in [-0.3, -0.25) is 4.57 Å². The molecule has 3 aromatic heterocycles. The quantitative estimate of drug-likeness (QED) is 0.651. The third-order valence-corrected chi connectivity index (χ3v) is 4.53. The second kappa shape index (κ2) is 5.89. The van der Waals surface area contributed by atoms with Crippen LogP contribution in [0.15, 0.2) is 29.9 Å². The van der Waals surface area contributed by atoms with Crippen molar-refractivity contribution in [3.05, 3.63) is 40.3 Å². The van der Waals surface area contributed by atoms with Crippen LogP contribution in [0.1, 0.15) is 10.4 Å². The van der Waals surface area contributed by atoms with Crippen LogP contribution in [0.4, 0.5) is 18.0 Å². The molecule has 0 N–H and O–H groups in total. The molecule has 0 saturated carbocycles. The van der Waals surface area contributed by atoms with Crippen molar-refractivity contribution in [1.29, 1.82) is 5.26 Å². The number of rotatable bonds is 1. The molecule has 128 valence electrons. The molecule has 3 rings (SSSR count). The van der Waals surface area contributed by atoms with Gasteiger partial charge in [0.15, 0.2) is 0 Å². The average Bonchev–Trinajstić information content (AvgIpc) is 3.17. The highest BCUT2D eigenvalue weighted by Gasteiger charge is 2.36. The monoisotopic (exact) mass is 364 g/mol. The lowest BCUT2D eigenvalue weighted by Gasteiger charge is -2.11. The zero-order valence-electron chi connectivity index (χ0n) is 13.1. The van der Waals surface area contributed by atoms with E-state index in [-0.39, 0.29) is 22.3 Å². The number of nitriles is 1. The second-order valence-electron chi connectivity index (χ2n) is 5.46. The van der Waals surface area contributed by atoms with Crippen molar-refractivity contribution < 1.29 is 18.0 Å². The van der Waals surface area contributed by atoms with Crippen molar-refractivity contribution in [3.8, 4) is 17.2 Å². The minimum absolute atomic E-state index is 0.0373. The molecule has 0 bridgehead atoms. The van der Waals surface area contributed by atoms with Gasteiger partial charge in [0.25, 0.3) is 0 Å². The number of halogens is 3. The lowest BCUT2D eigenvalue weighted by Crippen LogP contribution is -2.26. The molecule has 5 nitrogen and oxygen atoms in total. The number of carbonyl (C=O) groups is 1. The molecule has 0 aromatic carbocycles. The van der Waals surface area contributed by atoms with Gasteiger partial charge in [0.05, 0.1) is 5.56 Å². The van der Waals surface area contributed by atoms with Crippen LogP contribution in [0.3, 0.4) is 0 Å². The number of thiophene rings is 1. The third kappa shape index (κ3) is 2.85. The van der Waals surface area contributed by atoms with Gasteiger partial charge in [-0.1, -0.05) is 0 Å². The highest BCUT2D eigenvalue weighted by atomic mass is 32.1. The van der Waals surface area contributed by atoms with E-state index in [1.165, 1.54) is 53.5 Å². The lowest BCUT2D eigenvalue weighted by atomic mass is 10.1. The molecule has 3 heterocycles. The number of alkyl halides is 3. The Morgan fingerprint density at radius 1 is 1.36 bits per heavy atom. The number of aromatic nitrogens is 2. The standard InChI is InChI=1S/C16H11F3N4OS/c1-22(2)15(24)23-8-12(10-3-4-25-13(10)16(17,18)19)11-5-9(6-20)7-21-14(11)23/h3-5,7-8H,1-2H3. The highest BCUT2D eigenvalue weighted by molar-refractivity contribution is 7.10. The summed E-state index contributed by atoms with van der Waals surface area (Å²) in [5, 5.41) is 10.7. The maximum atomic E-state index is 13.3. The molecule has 0 radical (unpaired) electrons. The predicted octanol–water partition coefficient (Wildman–Crippen LogP) is 4.18. The predicted molar refractivity (Wildman–Crippen MR) is 87.2 cm³/mol. The lowest BCUT2D eigenvalue weighted by molar-refractivity contribution is -0.133. The Bertz CT molecular complexity index is 1010. The Labute approximate surface area is 144 Å². The smallest absolute Gasteiger partial charge is 0.330 e. The van der Waals surface area contributed by atoms with Crippen LogP contribution in [0, 0.1) is 11.3 Å². The van der Waals surface area contributed by atoms with Crippen molar-refractivity contribution in [2.24, 2.45) is 0 Å². The molecule has 0 spiro atoms. The molecule has 0 atom stereocenters.